The Morgan fingerprint density at radius 1 is 1.33 bits per heavy atom. The van der Waals surface area contributed by atoms with Crippen molar-refractivity contribution >= 4 is 23.2 Å². The van der Waals surface area contributed by atoms with E-state index in [1.807, 2.05) is 31.4 Å². The normalized spacial score (nSPS) is 12.7. The number of benzene rings is 1. The van der Waals surface area contributed by atoms with E-state index >= 15 is 0 Å². The van der Waals surface area contributed by atoms with Crippen LogP contribution in [0, 0.1) is 0 Å². The zero-order chi connectivity index (χ0) is 13.1. The average molecular weight is 284 g/mol. The van der Waals surface area contributed by atoms with Crippen LogP contribution in [0.4, 0.5) is 0 Å². The predicted molar refractivity (Wildman–Crippen MR) is 74.9 cm³/mol. The fourth-order valence-corrected chi connectivity index (χ4v) is 2.23. The zero-order valence-corrected chi connectivity index (χ0v) is 11.8. The molecule has 1 N–H and O–H groups in total. The lowest BCUT2D eigenvalue weighted by Crippen LogP contribution is -2.18. The maximum absolute atomic E-state index is 6.16. The molecule has 0 saturated heterocycles. The molecule has 1 aromatic heterocycles. The summed E-state index contributed by atoms with van der Waals surface area (Å²) in [5.74, 6) is 0. The van der Waals surface area contributed by atoms with E-state index in [4.69, 9.17) is 23.2 Å². The Hall–Kier alpha value is -1.03. The first-order valence-electron chi connectivity index (χ1n) is 5.73. The third-order valence-electron chi connectivity index (χ3n) is 2.78. The van der Waals surface area contributed by atoms with Gasteiger partial charge in [0.15, 0.2) is 0 Å². The molecule has 0 saturated carbocycles. The van der Waals surface area contributed by atoms with Crippen molar-refractivity contribution in [2.75, 3.05) is 0 Å². The Labute approximate surface area is 117 Å². The minimum absolute atomic E-state index is 0.123. The first-order valence-corrected chi connectivity index (χ1v) is 6.48. The number of rotatable bonds is 4. The Morgan fingerprint density at radius 3 is 2.78 bits per heavy atom. The summed E-state index contributed by atoms with van der Waals surface area (Å²) in [6, 6.07) is 7.61. The van der Waals surface area contributed by atoms with Crippen LogP contribution in [-0.4, -0.2) is 9.78 Å². The molecule has 1 aromatic carbocycles. The second kappa shape index (κ2) is 5.74. The van der Waals surface area contributed by atoms with Crippen molar-refractivity contribution in [3.8, 4) is 0 Å². The first-order chi connectivity index (χ1) is 8.56. The molecule has 96 valence electrons. The van der Waals surface area contributed by atoms with Crippen LogP contribution in [-0.2, 0) is 13.6 Å². The number of aryl methyl sites for hydroxylation is 1. The van der Waals surface area contributed by atoms with Gasteiger partial charge < -0.3 is 5.32 Å². The Balaban J connectivity index is 2.03. The molecular weight excluding hydrogens is 269 g/mol. The van der Waals surface area contributed by atoms with E-state index in [9.17, 15) is 0 Å². The van der Waals surface area contributed by atoms with Crippen LogP contribution in [0.2, 0.25) is 10.0 Å². The van der Waals surface area contributed by atoms with Gasteiger partial charge in [0, 0.05) is 35.9 Å². The first kappa shape index (κ1) is 13.4. The van der Waals surface area contributed by atoms with Gasteiger partial charge in [-0.15, -0.1) is 0 Å². The molecule has 1 heterocycles. The fraction of sp³-hybridized carbons (Fsp3) is 0.308. The van der Waals surface area contributed by atoms with Crippen LogP contribution < -0.4 is 5.32 Å². The summed E-state index contributed by atoms with van der Waals surface area (Å²) < 4.78 is 1.79. The average Bonchev–Trinajstić information content (AvgIpc) is 2.75. The van der Waals surface area contributed by atoms with Crippen molar-refractivity contribution in [3.05, 3.63) is 51.8 Å². The number of aromatic nitrogens is 2. The molecule has 18 heavy (non-hydrogen) atoms. The molecule has 1 atom stereocenters. The van der Waals surface area contributed by atoms with Crippen LogP contribution in [0.1, 0.15) is 24.2 Å². The summed E-state index contributed by atoms with van der Waals surface area (Å²) in [4.78, 5) is 0. The minimum atomic E-state index is 0.123. The molecule has 0 aliphatic heterocycles. The second-order valence-electron chi connectivity index (χ2n) is 4.25. The molecule has 0 aliphatic carbocycles. The van der Waals surface area contributed by atoms with E-state index in [0.717, 1.165) is 16.3 Å². The monoisotopic (exact) mass is 283 g/mol. The van der Waals surface area contributed by atoms with Crippen molar-refractivity contribution < 1.29 is 0 Å². The Morgan fingerprint density at radius 2 is 2.11 bits per heavy atom. The van der Waals surface area contributed by atoms with Gasteiger partial charge in [0.25, 0.3) is 0 Å². The summed E-state index contributed by atoms with van der Waals surface area (Å²) in [7, 11) is 1.90. The van der Waals surface area contributed by atoms with E-state index in [1.165, 1.54) is 0 Å². The van der Waals surface area contributed by atoms with E-state index in [1.54, 1.807) is 10.7 Å². The molecule has 2 rings (SSSR count). The molecule has 3 nitrogen and oxygen atoms in total. The summed E-state index contributed by atoms with van der Waals surface area (Å²) in [5, 5.41) is 9.11. The highest BCUT2D eigenvalue weighted by molar-refractivity contribution is 6.33. The minimum Gasteiger partial charge on any atom is -0.304 e. The summed E-state index contributed by atoms with van der Waals surface area (Å²) in [6.45, 7) is 2.76. The van der Waals surface area contributed by atoms with Gasteiger partial charge in [-0.2, -0.15) is 5.10 Å². The molecule has 5 heteroatoms. The third-order valence-corrected chi connectivity index (χ3v) is 3.36. The smallest absolute Gasteiger partial charge is 0.0762 e. The number of halogens is 2. The largest absolute Gasteiger partial charge is 0.304 e. The highest BCUT2D eigenvalue weighted by atomic mass is 35.5. The zero-order valence-electron chi connectivity index (χ0n) is 10.3. The second-order valence-corrected chi connectivity index (χ2v) is 5.09. The Kier molecular flexibility index (Phi) is 4.27. The number of hydrogen-bond donors (Lipinski definition) is 1. The van der Waals surface area contributed by atoms with Crippen molar-refractivity contribution in [1.82, 2.24) is 15.1 Å². The fourth-order valence-electron chi connectivity index (χ4n) is 1.77. The van der Waals surface area contributed by atoms with Crippen molar-refractivity contribution in [2.45, 2.75) is 19.5 Å². The maximum atomic E-state index is 6.16. The third kappa shape index (κ3) is 3.25. The van der Waals surface area contributed by atoms with Crippen LogP contribution in [0.5, 0.6) is 0 Å². The number of hydrogen-bond acceptors (Lipinski definition) is 2. The number of nitrogens with zero attached hydrogens (tertiary/aromatic N) is 2. The van der Waals surface area contributed by atoms with Crippen LogP contribution in [0.25, 0.3) is 0 Å². The van der Waals surface area contributed by atoms with Crippen molar-refractivity contribution in [2.24, 2.45) is 7.05 Å². The van der Waals surface area contributed by atoms with Gasteiger partial charge in [0.2, 0.25) is 0 Å². The summed E-state index contributed by atoms with van der Waals surface area (Å²) in [6.07, 6.45) is 1.92. The van der Waals surface area contributed by atoms with Crippen molar-refractivity contribution in [3.63, 3.8) is 0 Å². The van der Waals surface area contributed by atoms with E-state index in [-0.39, 0.29) is 6.04 Å². The standard InChI is InChI=1S/C13H15Cl2N3/c1-9(12-7-10(14)3-4-13(12)15)16-8-11-5-6-18(2)17-11/h3-7,9,16H,8H2,1-2H3. The lowest BCUT2D eigenvalue weighted by atomic mass is 10.1. The molecule has 0 aliphatic rings. The molecule has 0 amide bonds. The van der Waals surface area contributed by atoms with Gasteiger partial charge in [-0.25, -0.2) is 0 Å². The summed E-state index contributed by atoms with van der Waals surface area (Å²) in [5.41, 5.74) is 2.00. The van der Waals surface area contributed by atoms with Crippen LogP contribution >= 0.6 is 23.2 Å². The Bertz CT molecular complexity index is 537. The van der Waals surface area contributed by atoms with Crippen LogP contribution in [0.3, 0.4) is 0 Å². The van der Waals surface area contributed by atoms with Gasteiger partial charge in [-0.05, 0) is 36.8 Å². The van der Waals surface area contributed by atoms with Crippen LogP contribution in [0.15, 0.2) is 30.5 Å². The van der Waals surface area contributed by atoms with E-state index < -0.39 is 0 Å². The molecule has 0 radical (unpaired) electrons. The highest BCUT2D eigenvalue weighted by Crippen LogP contribution is 2.26. The summed E-state index contributed by atoms with van der Waals surface area (Å²) >= 11 is 12.1. The van der Waals surface area contributed by atoms with Gasteiger partial charge in [-0.3, -0.25) is 4.68 Å². The van der Waals surface area contributed by atoms with E-state index in [0.29, 0.717) is 11.6 Å². The molecule has 2 aromatic rings. The molecule has 1 unspecified atom stereocenters. The van der Waals surface area contributed by atoms with Gasteiger partial charge >= 0.3 is 0 Å². The SMILES string of the molecule is CC(NCc1ccn(C)n1)c1cc(Cl)ccc1Cl. The predicted octanol–water partition coefficient (Wildman–Crippen LogP) is 3.58. The van der Waals surface area contributed by atoms with Gasteiger partial charge in [-0.1, -0.05) is 23.2 Å². The van der Waals surface area contributed by atoms with Gasteiger partial charge in [0.1, 0.15) is 0 Å². The van der Waals surface area contributed by atoms with Crippen molar-refractivity contribution in [1.29, 1.82) is 0 Å². The highest BCUT2D eigenvalue weighted by Gasteiger charge is 2.10. The quantitative estimate of drug-likeness (QED) is 0.930. The lowest BCUT2D eigenvalue weighted by Gasteiger charge is -2.15. The molecule has 0 spiro atoms. The van der Waals surface area contributed by atoms with Gasteiger partial charge in [0.05, 0.1) is 5.69 Å². The lowest BCUT2D eigenvalue weighted by molar-refractivity contribution is 0.562. The maximum Gasteiger partial charge on any atom is 0.0762 e. The topological polar surface area (TPSA) is 29.9 Å². The number of nitrogens with one attached hydrogen (secondary N) is 1. The molecule has 0 bridgehead atoms. The molecular formula is C13H15Cl2N3. The van der Waals surface area contributed by atoms with E-state index in [2.05, 4.69) is 17.3 Å². The molecule has 0 fully saturated rings.